The van der Waals surface area contributed by atoms with E-state index in [2.05, 4.69) is 13.2 Å². The summed E-state index contributed by atoms with van der Waals surface area (Å²) in [5.41, 5.74) is 1.43. The predicted octanol–water partition coefficient (Wildman–Crippen LogP) is 4.09. The molecule has 39 heavy (non-hydrogen) atoms. The van der Waals surface area contributed by atoms with E-state index >= 15 is 0 Å². The van der Waals surface area contributed by atoms with Crippen molar-refractivity contribution in [3.8, 4) is 28.4 Å². The van der Waals surface area contributed by atoms with E-state index in [1.165, 1.54) is 0 Å². The average Bonchev–Trinajstić information content (AvgIpc) is 2.86. The molecule has 2 heterocycles. The third-order valence-corrected chi connectivity index (χ3v) is 6.52. The Bertz CT molecular complexity index is 1150. The number of phenols is 1. The second-order valence-corrected chi connectivity index (χ2v) is 10.5. The Labute approximate surface area is 227 Å². The SMILES string of the molecule is C=C(C)C(=O)OCC1(COc2cc(OCC3(COC(=O)C(=C)C)COC3)cc(-c3ccc(O)cc3)c2)COC1. The Morgan fingerprint density at radius 1 is 0.744 bits per heavy atom. The summed E-state index contributed by atoms with van der Waals surface area (Å²) in [7, 11) is 0. The summed E-state index contributed by atoms with van der Waals surface area (Å²) in [5.74, 6) is 0.375. The number of carbonyl (C=O) groups excluding carboxylic acids is 2. The first kappa shape index (κ1) is 28.2. The number of rotatable bonds is 13. The van der Waals surface area contributed by atoms with Gasteiger partial charge >= 0.3 is 11.9 Å². The molecule has 2 saturated heterocycles. The van der Waals surface area contributed by atoms with Crippen molar-refractivity contribution in [3.05, 3.63) is 66.8 Å². The summed E-state index contributed by atoms with van der Waals surface area (Å²) in [5, 5.41) is 9.72. The molecular weight excluding hydrogens is 504 g/mol. The average molecular weight is 539 g/mol. The molecule has 9 nitrogen and oxygen atoms in total. The van der Waals surface area contributed by atoms with Gasteiger partial charge in [0.2, 0.25) is 0 Å². The molecule has 0 aromatic heterocycles. The van der Waals surface area contributed by atoms with Crippen LogP contribution in [0.25, 0.3) is 11.1 Å². The lowest BCUT2D eigenvalue weighted by Crippen LogP contribution is -2.51. The van der Waals surface area contributed by atoms with E-state index in [-0.39, 0.29) is 32.2 Å². The highest BCUT2D eigenvalue weighted by atomic mass is 16.6. The minimum absolute atomic E-state index is 0.158. The van der Waals surface area contributed by atoms with E-state index in [1.807, 2.05) is 12.1 Å². The van der Waals surface area contributed by atoms with Crippen LogP contribution in [-0.4, -0.2) is 69.9 Å². The van der Waals surface area contributed by atoms with Gasteiger partial charge in [0.15, 0.2) is 0 Å². The van der Waals surface area contributed by atoms with Crippen LogP contribution in [0.3, 0.4) is 0 Å². The zero-order chi connectivity index (χ0) is 28.0. The van der Waals surface area contributed by atoms with Gasteiger partial charge < -0.3 is 33.5 Å². The molecule has 0 bridgehead atoms. The third kappa shape index (κ3) is 7.19. The highest BCUT2D eigenvalue weighted by molar-refractivity contribution is 5.87. The van der Waals surface area contributed by atoms with E-state index in [0.29, 0.717) is 49.1 Å². The second-order valence-electron chi connectivity index (χ2n) is 10.5. The van der Waals surface area contributed by atoms with Gasteiger partial charge in [-0.15, -0.1) is 0 Å². The van der Waals surface area contributed by atoms with Crippen LogP contribution in [0.4, 0.5) is 0 Å². The smallest absolute Gasteiger partial charge is 0.333 e. The van der Waals surface area contributed by atoms with Crippen LogP contribution >= 0.6 is 0 Å². The normalized spacial score (nSPS) is 16.7. The largest absolute Gasteiger partial charge is 0.508 e. The van der Waals surface area contributed by atoms with Gasteiger partial charge in [-0.3, -0.25) is 0 Å². The maximum atomic E-state index is 11.9. The minimum atomic E-state index is -0.457. The Hall–Kier alpha value is -3.82. The van der Waals surface area contributed by atoms with E-state index < -0.39 is 22.8 Å². The molecule has 2 aromatic carbocycles. The standard InChI is InChI=1S/C30H34O9/c1-20(2)27(32)38-18-29(12-34-13-29)16-36-25-9-23(22-5-7-24(31)8-6-22)10-26(11-25)37-17-30(14-35-15-30)19-39-28(33)21(3)4/h5-11,31H,1,3,12-19H2,2,4H3. The molecular formula is C30H34O9. The number of esters is 2. The van der Waals surface area contributed by atoms with Gasteiger partial charge in [-0.05, 0) is 49.2 Å². The van der Waals surface area contributed by atoms with Crippen molar-refractivity contribution in [3.63, 3.8) is 0 Å². The maximum Gasteiger partial charge on any atom is 0.333 e. The molecule has 0 atom stereocenters. The Morgan fingerprint density at radius 2 is 1.18 bits per heavy atom. The van der Waals surface area contributed by atoms with E-state index in [9.17, 15) is 14.7 Å². The molecule has 2 fully saturated rings. The molecule has 1 N–H and O–H groups in total. The van der Waals surface area contributed by atoms with Crippen molar-refractivity contribution in [1.82, 2.24) is 0 Å². The van der Waals surface area contributed by atoms with Crippen molar-refractivity contribution < 1.29 is 43.1 Å². The van der Waals surface area contributed by atoms with Crippen LogP contribution in [0.5, 0.6) is 17.2 Å². The van der Waals surface area contributed by atoms with Gasteiger partial charge in [0, 0.05) is 17.2 Å². The second kappa shape index (κ2) is 11.9. The van der Waals surface area contributed by atoms with Crippen LogP contribution in [0.15, 0.2) is 66.8 Å². The Morgan fingerprint density at radius 3 is 1.54 bits per heavy atom. The van der Waals surface area contributed by atoms with Gasteiger partial charge in [-0.1, -0.05) is 25.3 Å². The highest BCUT2D eigenvalue weighted by Crippen LogP contribution is 2.35. The first-order chi connectivity index (χ1) is 18.6. The molecule has 0 spiro atoms. The maximum absolute atomic E-state index is 11.9. The van der Waals surface area contributed by atoms with Crippen molar-refractivity contribution in [2.45, 2.75) is 13.8 Å². The zero-order valence-electron chi connectivity index (χ0n) is 22.3. The van der Waals surface area contributed by atoms with Crippen LogP contribution in [0.2, 0.25) is 0 Å². The predicted molar refractivity (Wildman–Crippen MR) is 143 cm³/mol. The molecule has 0 amide bonds. The van der Waals surface area contributed by atoms with Crippen molar-refractivity contribution in [1.29, 1.82) is 0 Å². The lowest BCUT2D eigenvalue weighted by molar-refractivity contribution is -0.174. The van der Waals surface area contributed by atoms with Crippen LogP contribution in [0, 0.1) is 10.8 Å². The topological polar surface area (TPSA) is 110 Å². The monoisotopic (exact) mass is 538 g/mol. The van der Waals surface area contributed by atoms with E-state index in [4.69, 9.17) is 28.4 Å². The van der Waals surface area contributed by atoms with Crippen LogP contribution in [-0.2, 0) is 28.5 Å². The van der Waals surface area contributed by atoms with E-state index in [0.717, 1.165) is 11.1 Å². The van der Waals surface area contributed by atoms with Crippen molar-refractivity contribution in [2.75, 3.05) is 52.9 Å². The molecule has 0 radical (unpaired) electrons. The van der Waals surface area contributed by atoms with Gasteiger partial charge in [0.1, 0.15) is 43.7 Å². The van der Waals surface area contributed by atoms with Gasteiger partial charge in [-0.25, -0.2) is 9.59 Å². The molecule has 2 aliphatic rings. The molecule has 208 valence electrons. The Kier molecular flexibility index (Phi) is 8.62. The summed E-state index contributed by atoms with van der Waals surface area (Å²) in [6, 6.07) is 12.4. The number of benzene rings is 2. The van der Waals surface area contributed by atoms with Gasteiger partial charge in [-0.2, -0.15) is 0 Å². The molecule has 2 aromatic rings. The minimum Gasteiger partial charge on any atom is -0.508 e. The fraction of sp³-hybridized carbons (Fsp3) is 0.400. The van der Waals surface area contributed by atoms with E-state index in [1.54, 1.807) is 44.2 Å². The molecule has 2 aliphatic heterocycles. The number of phenolic OH excluding ortho intramolecular Hbond substituents is 1. The highest BCUT2D eigenvalue weighted by Gasteiger charge is 2.42. The number of hydrogen-bond donors (Lipinski definition) is 1. The van der Waals surface area contributed by atoms with Crippen molar-refractivity contribution in [2.24, 2.45) is 10.8 Å². The molecule has 4 rings (SSSR count). The zero-order valence-corrected chi connectivity index (χ0v) is 22.3. The third-order valence-electron chi connectivity index (χ3n) is 6.52. The number of aromatic hydroxyl groups is 1. The summed E-state index contributed by atoms with van der Waals surface area (Å²) in [6.45, 7) is 12.9. The number of ether oxygens (including phenoxy) is 6. The van der Waals surface area contributed by atoms with Gasteiger partial charge in [0.25, 0.3) is 0 Å². The van der Waals surface area contributed by atoms with Crippen LogP contribution in [0.1, 0.15) is 13.8 Å². The summed E-state index contributed by atoms with van der Waals surface area (Å²) >= 11 is 0. The summed E-state index contributed by atoms with van der Waals surface area (Å²) < 4.78 is 33.9. The molecule has 0 unspecified atom stereocenters. The fourth-order valence-corrected chi connectivity index (χ4v) is 3.91. The molecule has 9 heteroatoms. The molecule has 0 saturated carbocycles. The lowest BCUT2D eigenvalue weighted by Gasteiger charge is -2.40. The quantitative estimate of drug-likeness (QED) is 0.298. The molecule has 0 aliphatic carbocycles. The van der Waals surface area contributed by atoms with Gasteiger partial charge in [0.05, 0.1) is 37.3 Å². The van der Waals surface area contributed by atoms with Crippen molar-refractivity contribution >= 4 is 11.9 Å². The first-order valence-electron chi connectivity index (χ1n) is 12.6. The number of hydrogen-bond acceptors (Lipinski definition) is 9. The van der Waals surface area contributed by atoms with Crippen LogP contribution < -0.4 is 9.47 Å². The number of carbonyl (C=O) groups is 2. The summed E-state index contributed by atoms with van der Waals surface area (Å²) in [6.07, 6.45) is 0. The Balaban J connectivity index is 1.49. The summed E-state index contributed by atoms with van der Waals surface area (Å²) in [4.78, 5) is 23.8. The fourth-order valence-electron chi connectivity index (χ4n) is 3.91. The first-order valence-corrected chi connectivity index (χ1v) is 12.6. The lowest BCUT2D eigenvalue weighted by atomic mass is 9.88.